The summed E-state index contributed by atoms with van der Waals surface area (Å²) in [6, 6.07) is 4.88. The van der Waals surface area contributed by atoms with E-state index in [1.165, 1.54) is 12.1 Å². The van der Waals surface area contributed by atoms with Gasteiger partial charge in [0.05, 0.1) is 13.2 Å². The Morgan fingerprint density at radius 2 is 1.92 bits per heavy atom. The summed E-state index contributed by atoms with van der Waals surface area (Å²) in [5, 5.41) is 60.1. The smallest absolute Gasteiger partial charge is 0.321 e. The molecule has 0 spiro atoms. The molecular weight excluding hydrogens is 322 g/mol. The van der Waals surface area contributed by atoms with Crippen molar-refractivity contribution in [2.45, 2.75) is 36.6 Å². The van der Waals surface area contributed by atoms with Gasteiger partial charge in [-0.05, 0) is 24.1 Å². The molecule has 0 amide bonds. The quantitative estimate of drug-likeness (QED) is 0.303. The number of aromatic hydroxyl groups is 1. The maximum absolute atomic E-state index is 11.4. The van der Waals surface area contributed by atoms with Crippen LogP contribution in [0.25, 0.3) is 0 Å². The molecule has 1 aliphatic rings. The summed E-state index contributed by atoms with van der Waals surface area (Å²) in [7, 11) is 0. The normalized spacial score (nSPS) is 31.6. The first-order chi connectivity index (χ1) is 11.2. The molecule has 9 heteroatoms. The van der Waals surface area contributed by atoms with E-state index in [2.05, 4.69) is 5.32 Å². The molecule has 1 aromatic rings. The summed E-state index contributed by atoms with van der Waals surface area (Å²) < 4.78 is 4.96. The summed E-state index contributed by atoms with van der Waals surface area (Å²) in [6.45, 7) is -0.862. The van der Waals surface area contributed by atoms with Gasteiger partial charge in [-0.25, -0.2) is 0 Å². The first kappa shape index (κ1) is 18.6. The van der Waals surface area contributed by atoms with Crippen LogP contribution in [0.3, 0.4) is 0 Å². The van der Waals surface area contributed by atoms with E-state index < -0.39 is 49.3 Å². The van der Waals surface area contributed by atoms with Crippen LogP contribution in [0.15, 0.2) is 24.3 Å². The Morgan fingerprint density at radius 3 is 2.50 bits per heavy atom. The second-order valence-electron chi connectivity index (χ2n) is 5.80. The number of carboxylic acid groups (broad SMARTS) is 1. The molecule has 0 radical (unpaired) electrons. The summed E-state index contributed by atoms with van der Waals surface area (Å²) in [4.78, 5) is 11.4. The average molecular weight is 343 g/mol. The zero-order valence-electron chi connectivity index (χ0n) is 12.7. The first-order valence-corrected chi connectivity index (χ1v) is 7.37. The van der Waals surface area contributed by atoms with E-state index in [9.17, 15) is 35.4 Å². The third kappa shape index (κ3) is 4.20. The van der Waals surface area contributed by atoms with E-state index in [-0.39, 0.29) is 12.2 Å². The number of aliphatic hydroxyl groups excluding tert-OH is 3. The summed E-state index contributed by atoms with van der Waals surface area (Å²) >= 11 is 0. The number of ether oxygens (including phenoxy) is 1. The molecule has 9 nitrogen and oxygen atoms in total. The van der Waals surface area contributed by atoms with Gasteiger partial charge in [-0.3, -0.25) is 10.1 Å². The highest BCUT2D eigenvalue weighted by molar-refractivity contribution is 5.73. The van der Waals surface area contributed by atoms with Gasteiger partial charge in [-0.15, -0.1) is 0 Å². The van der Waals surface area contributed by atoms with E-state index in [0.717, 1.165) is 0 Å². The van der Waals surface area contributed by atoms with Gasteiger partial charge in [0.2, 0.25) is 5.79 Å². The van der Waals surface area contributed by atoms with E-state index in [0.29, 0.717) is 5.56 Å². The Labute approximate surface area is 137 Å². The number of hydrogen-bond acceptors (Lipinski definition) is 8. The Balaban J connectivity index is 2.00. The monoisotopic (exact) mass is 343 g/mol. The molecule has 134 valence electrons. The van der Waals surface area contributed by atoms with Crippen LogP contribution < -0.4 is 5.32 Å². The molecule has 1 saturated heterocycles. The van der Waals surface area contributed by atoms with Crippen molar-refractivity contribution in [2.24, 2.45) is 0 Å². The Kier molecular flexibility index (Phi) is 5.75. The van der Waals surface area contributed by atoms with Crippen LogP contribution in [0.4, 0.5) is 0 Å². The lowest BCUT2D eigenvalue weighted by Gasteiger charge is -2.42. The molecule has 1 aliphatic heterocycles. The molecule has 7 N–H and O–H groups in total. The number of carbonyl (C=O) groups is 1. The Morgan fingerprint density at radius 1 is 1.29 bits per heavy atom. The lowest BCUT2D eigenvalue weighted by Crippen LogP contribution is -2.65. The van der Waals surface area contributed by atoms with Crippen molar-refractivity contribution in [3.05, 3.63) is 29.8 Å². The van der Waals surface area contributed by atoms with Gasteiger partial charge in [0.15, 0.2) is 0 Å². The van der Waals surface area contributed by atoms with E-state index in [1.54, 1.807) is 12.1 Å². The highest BCUT2D eigenvalue weighted by atomic mass is 16.6. The molecule has 0 unspecified atom stereocenters. The SMILES string of the molecule is O=C(O)[C@H](Cc1ccc(O)cc1)NC[C@]1(O)OC[C@H](O)[C@H](O)[C@H]1O. The number of phenolic OH excluding ortho intramolecular Hbond substituents is 1. The van der Waals surface area contributed by atoms with Crippen molar-refractivity contribution in [1.82, 2.24) is 5.32 Å². The molecule has 0 aliphatic carbocycles. The third-order valence-corrected chi connectivity index (χ3v) is 3.96. The second kappa shape index (κ2) is 7.43. The molecule has 1 fully saturated rings. The molecule has 1 aromatic carbocycles. The minimum Gasteiger partial charge on any atom is -0.508 e. The summed E-state index contributed by atoms with van der Waals surface area (Å²) in [6.07, 6.45) is -4.68. The summed E-state index contributed by atoms with van der Waals surface area (Å²) in [5.41, 5.74) is 0.639. The number of carboxylic acids is 1. The van der Waals surface area contributed by atoms with Crippen molar-refractivity contribution in [2.75, 3.05) is 13.2 Å². The second-order valence-corrected chi connectivity index (χ2v) is 5.80. The highest BCUT2D eigenvalue weighted by Gasteiger charge is 2.48. The van der Waals surface area contributed by atoms with Gasteiger partial charge >= 0.3 is 5.97 Å². The van der Waals surface area contributed by atoms with Crippen LogP contribution in [0.2, 0.25) is 0 Å². The van der Waals surface area contributed by atoms with Gasteiger partial charge in [-0.2, -0.15) is 0 Å². The van der Waals surface area contributed by atoms with Crippen molar-refractivity contribution >= 4 is 5.97 Å². The summed E-state index contributed by atoms with van der Waals surface area (Å²) in [5.74, 6) is -3.35. The van der Waals surface area contributed by atoms with Crippen molar-refractivity contribution in [1.29, 1.82) is 0 Å². The average Bonchev–Trinajstić information content (AvgIpc) is 2.55. The molecule has 0 saturated carbocycles. The standard InChI is InChI=1S/C15H21NO8/c17-9-3-1-8(2-4-9)5-10(14(21)22)16-7-15(23)13(20)12(19)11(18)6-24-15/h1-4,10-13,16-20,23H,5-7H2,(H,21,22)/t10-,11-,12-,13+,15-/m0/s1. The van der Waals surface area contributed by atoms with E-state index in [1.807, 2.05) is 0 Å². The van der Waals surface area contributed by atoms with Crippen LogP contribution >= 0.6 is 0 Å². The van der Waals surface area contributed by atoms with E-state index >= 15 is 0 Å². The van der Waals surface area contributed by atoms with Crippen molar-refractivity contribution < 1.29 is 40.2 Å². The van der Waals surface area contributed by atoms with Gasteiger partial charge in [0, 0.05) is 0 Å². The number of aliphatic carboxylic acids is 1. The molecular formula is C15H21NO8. The van der Waals surface area contributed by atoms with Gasteiger partial charge < -0.3 is 35.4 Å². The largest absolute Gasteiger partial charge is 0.508 e. The van der Waals surface area contributed by atoms with Crippen LogP contribution in [0.1, 0.15) is 5.56 Å². The molecule has 0 aromatic heterocycles. The van der Waals surface area contributed by atoms with Gasteiger partial charge in [-0.1, -0.05) is 12.1 Å². The number of rotatable bonds is 6. The third-order valence-electron chi connectivity index (χ3n) is 3.96. The number of phenols is 1. The van der Waals surface area contributed by atoms with Gasteiger partial charge in [0.25, 0.3) is 0 Å². The topological polar surface area (TPSA) is 160 Å². The minimum atomic E-state index is -2.22. The number of hydrogen-bond donors (Lipinski definition) is 7. The molecule has 0 bridgehead atoms. The fraction of sp³-hybridized carbons (Fsp3) is 0.533. The van der Waals surface area contributed by atoms with Crippen LogP contribution in [0.5, 0.6) is 5.75 Å². The lowest BCUT2D eigenvalue weighted by molar-refractivity contribution is -0.318. The minimum absolute atomic E-state index is 0.0548. The fourth-order valence-electron chi connectivity index (χ4n) is 2.43. The predicted octanol–water partition coefficient (Wildman–Crippen LogP) is -2.22. The highest BCUT2D eigenvalue weighted by Crippen LogP contribution is 2.23. The first-order valence-electron chi connectivity index (χ1n) is 7.37. The molecule has 5 atom stereocenters. The predicted molar refractivity (Wildman–Crippen MR) is 80.2 cm³/mol. The molecule has 24 heavy (non-hydrogen) atoms. The van der Waals surface area contributed by atoms with Crippen molar-refractivity contribution in [3.63, 3.8) is 0 Å². The fourth-order valence-corrected chi connectivity index (χ4v) is 2.43. The number of benzene rings is 1. The maximum atomic E-state index is 11.4. The maximum Gasteiger partial charge on any atom is 0.321 e. The van der Waals surface area contributed by atoms with E-state index in [4.69, 9.17) is 4.74 Å². The Hall–Kier alpha value is -1.75. The zero-order chi connectivity index (χ0) is 17.9. The zero-order valence-corrected chi connectivity index (χ0v) is 12.7. The van der Waals surface area contributed by atoms with Crippen LogP contribution in [-0.4, -0.2) is 79.9 Å². The lowest BCUT2D eigenvalue weighted by atomic mass is 9.96. The van der Waals surface area contributed by atoms with Crippen LogP contribution in [-0.2, 0) is 16.0 Å². The van der Waals surface area contributed by atoms with Gasteiger partial charge in [0.1, 0.15) is 30.1 Å². The number of nitrogens with one attached hydrogen (secondary N) is 1. The number of aliphatic hydroxyl groups is 4. The van der Waals surface area contributed by atoms with Crippen molar-refractivity contribution in [3.8, 4) is 5.75 Å². The Bertz CT molecular complexity index is 565. The molecule has 2 rings (SSSR count). The molecule has 1 heterocycles. The van der Waals surface area contributed by atoms with Crippen LogP contribution in [0, 0.1) is 0 Å².